The van der Waals surface area contributed by atoms with E-state index in [-0.39, 0.29) is 0 Å². The van der Waals surface area contributed by atoms with Gasteiger partial charge in [-0.05, 0) is 49.4 Å². The predicted octanol–water partition coefficient (Wildman–Crippen LogP) is 3.47. The van der Waals surface area contributed by atoms with Gasteiger partial charge in [0.25, 0.3) is 0 Å². The van der Waals surface area contributed by atoms with E-state index in [9.17, 15) is 0 Å². The molecule has 0 atom stereocenters. The van der Waals surface area contributed by atoms with Gasteiger partial charge in [0, 0.05) is 23.8 Å². The van der Waals surface area contributed by atoms with Crippen molar-refractivity contribution in [2.24, 2.45) is 11.7 Å². The molecule has 0 saturated carbocycles. The molecule has 0 radical (unpaired) electrons. The molecule has 1 fully saturated rings. The van der Waals surface area contributed by atoms with E-state index in [2.05, 4.69) is 24.0 Å². The van der Waals surface area contributed by atoms with Crippen LogP contribution in [0.5, 0.6) is 0 Å². The zero-order chi connectivity index (χ0) is 13.0. The van der Waals surface area contributed by atoms with E-state index in [0.717, 1.165) is 30.5 Å². The maximum atomic E-state index is 6.13. The Hall–Kier alpha value is -0.730. The first-order chi connectivity index (χ1) is 8.74. The van der Waals surface area contributed by atoms with Gasteiger partial charge in [-0.15, -0.1) is 0 Å². The SMILES string of the molecule is CCC1CCN(c2cc(Cl)ccc2CCN)CC1. The summed E-state index contributed by atoms with van der Waals surface area (Å²) in [5.41, 5.74) is 8.31. The number of nitrogens with two attached hydrogens (primary N) is 1. The minimum Gasteiger partial charge on any atom is -0.371 e. The number of hydrogen-bond acceptors (Lipinski definition) is 2. The van der Waals surface area contributed by atoms with Crippen LogP contribution in [0.15, 0.2) is 18.2 Å². The average Bonchev–Trinajstić information content (AvgIpc) is 2.41. The van der Waals surface area contributed by atoms with Crippen molar-refractivity contribution in [1.29, 1.82) is 0 Å². The summed E-state index contributed by atoms with van der Waals surface area (Å²) in [5.74, 6) is 0.901. The highest BCUT2D eigenvalue weighted by molar-refractivity contribution is 6.30. The van der Waals surface area contributed by atoms with Crippen LogP contribution in [0, 0.1) is 5.92 Å². The van der Waals surface area contributed by atoms with Gasteiger partial charge in [0.2, 0.25) is 0 Å². The standard InChI is InChI=1S/C15H23ClN2/c1-2-12-6-9-18(10-7-12)15-11-14(16)4-3-13(15)5-8-17/h3-4,11-12H,2,5-10,17H2,1H3. The number of nitrogens with zero attached hydrogens (tertiary/aromatic N) is 1. The lowest BCUT2D eigenvalue weighted by Gasteiger charge is -2.34. The number of halogens is 1. The Kier molecular flexibility index (Phi) is 4.90. The van der Waals surface area contributed by atoms with E-state index in [1.54, 1.807) is 0 Å². The summed E-state index contributed by atoms with van der Waals surface area (Å²) in [6, 6.07) is 6.18. The van der Waals surface area contributed by atoms with Crippen molar-refractivity contribution in [3.05, 3.63) is 28.8 Å². The third-order valence-electron chi connectivity index (χ3n) is 3.99. The van der Waals surface area contributed by atoms with Crippen LogP contribution in [0.1, 0.15) is 31.7 Å². The smallest absolute Gasteiger partial charge is 0.0426 e. The van der Waals surface area contributed by atoms with E-state index < -0.39 is 0 Å². The maximum Gasteiger partial charge on any atom is 0.0426 e. The molecule has 1 aliphatic heterocycles. The Balaban J connectivity index is 2.14. The fourth-order valence-corrected chi connectivity index (χ4v) is 2.95. The van der Waals surface area contributed by atoms with Gasteiger partial charge in [0.1, 0.15) is 0 Å². The normalized spacial score (nSPS) is 17.2. The summed E-state index contributed by atoms with van der Waals surface area (Å²) in [7, 11) is 0. The monoisotopic (exact) mass is 266 g/mol. The van der Waals surface area contributed by atoms with Gasteiger partial charge in [-0.3, -0.25) is 0 Å². The number of piperidine rings is 1. The molecule has 2 rings (SSSR count). The predicted molar refractivity (Wildman–Crippen MR) is 79.4 cm³/mol. The average molecular weight is 267 g/mol. The second-order valence-electron chi connectivity index (χ2n) is 5.15. The highest BCUT2D eigenvalue weighted by atomic mass is 35.5. The highest BCUT2D eigenvalue weighted by Gasteiger charge is 2.19. The van der Waals surface area contributed by atoms with Crippen molar-refractivity contribution in [2.75, 3.05) is 24.5 Å². The van der Waals surface area contributed by atoms with Gasteiger partial charge in [0.05, 0.1) is 0 Å². The molecule has 2 N–H and O–H groups in total. The molecule has 0 bridgehead atoms. The van der Waals surface area contributed by atoms with Gasteiger partial charge in [-0.25, -0.2) is 0 Å². The number of rotatable bonds is 4. The van der Waals surface area contributed by atoms with Crippen LogP contribution in [0.3, 0.4) is 0 Å². The van der Waals surface area contributed by atoms with E-state index in [0.29, 0.717) is 6.54 Å². The summed E-state index contributed by atoms with van der Waals surface area (Å²) in [6.07, 6.45) is 4.83. The molecule has 0 unspecified atom stereocenters. The van der Waals surface area contributed by atoms with Crippen LogP contribution in [-0.2, 0) is 6.42 Å². The molecular formula is C15H23ClN2. The molecular weight excluding hydrogens is 244 g/mol. The zero-order valence-corrected chi connectivity index (χ0v) is 11.9. The van der Waals surface area contributed by atoms with E-state index in [4.69, 9.17) is 17.3 Å². The van der Waals surface area contributed by atoms with Crippen molar-refractivity contribution in [3.63, 3.8) is 0 Å². The Labute approximate surface area is 115 Å². The van der Waals surface area contributed by atoms with Crippen LogP contribution in [0.2, 0.25) is 5.02 Å². The molecule has 1 aromatic rings. The van der Waals surface area contributed by atoms with Crippen molar-refractivity contribution in [3.8, 4) is 0 Å². The minimum absolute atomic E-state index is 0.695. The summed E-state index contributed by atoms with van der Waals surface area (Å²) in [4.78, 5) is 2.48. The van der Waals surface area contributed by atoms with Gasteiger partial charge >= 0.3 is 0 Å². The fourth-order valence-electron chi connectivity index (χ4n) is 2.78. The first-order valence-corrected chi connectivity index (χ1v) is 7.35. The largest absolute Gasteiger partial charge is 0.371 e. The van der Waals surface area contributed by atoms with Crippen LogP contribution >= 0.6 is 11.6 Å². The first-order valence-electron chi connectivity index (χ1n) is 6.98. The van der Waals surface area contributed by atoms with Crippen molar-refractivity contribution >= 4 is 17.3 Å². The van der Waals surface area contributed by atoms with Gasteiger partial charge in [-0.2, -0.15) is 0 Å². The summed E-state index contributed by atoms with van der Waals surface area (Å²) >= 11 is 6.13. The second-order valence-corrected chi connectivity index (χ2v) is 5.59. The number of benzene rings is 1. The molecule has 1 aliphatic rings. The molecule has 1 aromatic carbocycles. The Morgan fingerprint density at radius 3 is 2.67 bits per heavy atom. The fraction of sp³-hybridized carbons (Fsp3) is 0.600. The topological polar surface area (TPSA) is 29.3 Å². The molecule has 0 amide bonds. The van der Waals surface area contributed by atoms with Crippen molar-refractivity contribution in [1.82, 2.24) is 0 Å². The quantitative estimate of drug-likeness (QED) is 0.904. The van der Waals surface area contributed by atoms with Crippen LogP contribution in [0.25, 0.3) is 0 Å². The number of anilines is 1. The molecule has 1 saturated heterocycles. The minimum atomic E-state index is 0.695. The number of hydrogen-bond donors (Lipinski definition) is 1. The third-order valence-corrected chi connectivity index (χ3v) is 4.23. The molecule has 0 spiro atoms. The second kappa shape index (κ2) is 6.44. The summed E-state index contributed by atoms with van der Waals surface area (Å²) in [5, 5.41) is 0.823. The van der Waals surface area contributed by atoms with E-state index in [1.807, 2.05) is 6.07 Å². The van der Waals surface area contributed by atoms with Gasteiger partial charge in [0.15, 0.2) is 0 Å². The third kappa shape index (κ3) is 3.18. The van der Waals surface area contributed by atoms with Crippen LogP contribution in [0.4, 0.5) is 5.69 Å². The molecule has 18 heavy (non-hydrogen) atoms. The molecule has 3 heteroatoms. The molecule has 0 aliphatic carbocycles. The lowest BCUT2D eigenvalue weighted by Crippen LogP contribution is -2.34. The summed E-state index contributed by atoms with van der Waals surface area (Å²) < 4.78 is 0. The van der Waals surface area contributed by atoms with Crippen LogP contribution in [-0.4, -0.2) is 19.6 Å². The molecule has 2 nitrogen and oxygen atoms in total. The van der Waals surface area contributed by atoms with Gasteiger partial charge in [-0.1, -0.05) is 31.0 Å². The molecule has 1 heterocycles. The van der Waals surface area contributed by atoms with Crippen molar-refractivity contribution < 1.29 is 0 Å². The molecule has 0 aromatic heterocycles. The lowest BCUT2D eigenvalue weighted by molar-refractivity contribution is 0.395. The van der Waals surface area contributed by atoms with E-state index in [1.165, 1.54) is 30.5 Å². The van der Waals surface area contributed by atoms with E-state index >= 15 is 0 Å². The Bertz CT molecular complexity index is 384. The maximum absolute atomic E-state index is 6.13. The van der Waals surface area contributed by atoms with Crippen molar-refractivity contribution in [2.45, 2.75) is 32.6 Å². The van der Waals surface area contributed by atoms with Gasteiger partial charge < -0.3 is 10.6 Å². The highest BCUT2D eigenvalue weighted by Crippen LogP contribution is 2.30. The first kappa shape index (κ1) is 13.7. The van der Waals surface area contributed by atoms with Crippen LogP contribution < -0.4 is 10.6 Å². The summed E-state index contributed by atoms with van der Waals surface area (Å²) in [6.45, 7) is 5.28. The zero-order valence-electron chi connectivity index (χ0n) is 11.2. The Morgan fingerprint density at radius 2 is 2.06 bits per heavy atom. The molecule has 100 valence electrons. The Morgan fingerprint density at radius 1 is 1.33 bits per heavy atom. The lowest BCUT2D eigenvalue weighted by atomic mass is 9.93.